The summed E-state index contributed by atoms with van der Waals surface area (Å²) in [5.41, 5.74) is 2.30. The normalized spacial score (nSPS) is 17.1. The first-order chi connectivity index (χ1) is 6.75. The SMILES string of the molecule is Cc1cc(O)cc(N2CCCCC2)c1. The highest BCUT2D eigenvalue weighted by Crippen LogP contribution is 2.25. The van der Waals surface area contributed by atoms with Crippen LogP contribution >= 0.6 is 0 Å². The topological polar surface area (TPSA) is 23.5 Å². The molecule has 1 aliphatic rings. The number of nitrogens with zero attached hydrogens (tertiary/aromatic N) is 1. The molecule has 0 aliphatic carbocycles. The second-order valence-corrected chi connectivity index (χ2v) is 4.07. The van der Waals surface area contributed by atoms with Crippen molar-refractivity contribution < 1.29 is 5.11 Å². The molecular weight excluding hydrogens is 174 g/mol. The molecule has 1 fully saturated rings. The molecule has 1 heterocycles. The number of anilines is 1. The van der Waals surface area contributed by atoms with Gasteiger partial charge in [-0.3, -0.25) is 0 Å². The summed E-state index contributed by atoms with van der Waals surface area (Å²) in [4.78, 5) is 2.36. The van der Waals surface area contributed by atoms with E-state index >= 15 is 0 Å². The number of rotatable bonds is 1. The zero-order valence-corrected chi connectivity index (χ0v) is 8.66. The van der Waals surface area contributed by atoms with Crippen molar-refractivity contribution in [2.24, 2.45) is 0 Å². The summed E-state index contributed by atoms with van der Waals surface area (Å²) in [7, 11) is 0. The molecule has 1 saturated heterocycles. The summed E-state index contributed by atoms with van der Waals surface area (Å²) in [5.74, 6) is 0.380. The molecule has 14 heavy (non-hydrogen) atoms. The minimum atomic E-state index is 0.380. The van der Waals surface area contributed by atoms with Crippen LogP contribution in [0, 0.1) is 6.92 Å². The van der Waals surface area contributed by atoms with Gasteiger partial charge in [0, 0.05) is 24.8 Å². The molecule has 1 N–H and O–H groups in total. The van der Waals surface area contributed by atoms with E-state index in [1.54, 1.807) is 6.07 Å². The molecule has 0 radical (unpaired) electrons. The van der Waals surface area contributed by atoms with E-state index in [1.165, 1.54) is 24.9 Å². The smallest absolute Gasteiger partial charge is 0.117 e. The first-order valence-corrected chi connectivity index (χ1v) is 5.31. The lowest BCUT2D eigenvalue weighted by molar-refractivity contribution is 0.474. The number of hydrogen-bond donors (Lipinski definition) is 1. The van der Waals surface area contributed by atoms with Gasteiger partial charge in [-0.25, -0.2) is 0 Å². The molecule has 1 aromatic carbocycles. The first-order valence-electron chi connectivity index (χ1n) is 5.31. The first kappa shape index (κ1) is 9.38. The maximum absolute atomic E-state index is 9.50. The van der Waals surface area contributed by atoms with Crippen LogP contribution in [-0.2, 0) is 0 Å². The molecular formula is C12H17NO. The standard InChI is InChI=1S/C12H17NO/c1-10-7-11(9-12(14)8-10)13-5-3-2-4-6-13/h7-9,14H,2-6H2,1H3. The van der Waals surface area contributed by atoms with Crippen molar-refractivity contribution in [1.29, 1.82) is 0 Å². The van der Waals surface area contributed by atoms with Crippen molar-refractivity contribution in [2.45, 2.75) is 26.2 Å². The Kier molecular flexibility index (Phi) is 2.62. The Balaban J connectivity index is 2.21. The van der Waals surface area contributed by atoms with Crippen LogP contribution < -0.4 is 4.90 Å². The van der Waals surface area contributed by atoms with Crippen LogP contribution in [-0.4, -0.2) is 18.2 Å². The van der Waals surface area contributed by atoms with Gasteiger partial charge in [-0.05, 0) is 43.9 Å². The van der Waals surface area contributed by atoms with Crippen molar-refractivity contribution in [2.75, 3.05) is 18.0 Å². The predicted octanol–water partition coefficient (Wildman–Crippen LogP) is 2.69. The summed E-state index contributed by atoms with van der Waals surface area (Å²) in [5, 5.41) is 9.50. The van der Waals surface area contributed by atoms with Crippen molar-refractivity contribution >= 4 is 5.69 Å². The lowest BCUT2D eigenvalue weighted by Crippen LogP contribution is -2.29. The van der Waals surface area contributed by atoms with Gasteiger partial charge in [-0.1, -0.05) is 0 Å². The van der Waals surface area contributed by atoms with Gasteiger partial charge in [0.2, 0.25) is 0 Å². The maximum Gasteiger partial charge on any atom is 0.117 e. The number of aromatic hydroxyl groups is 1. The van der Waals surface area contributed by atoms with E-state index in [0.29, 0.717) is 5.75 Å². The fourth-order valence-corrected chi connectivity index (χ4v) is 2.08. The highest BCUT2D eigenvalue weighted by molar-refractivity contribution is 5.53. The Morgan fingerprint density at radius 3 is 2.43 bits per heavy atom. The van der Waals surface area contributed by atoms with Crippen LogP contribution in [0.15, 0.2) is 18.2 Å². The van der Waals surface area contributed by atoms with Crippen LogP contribution in [0.2, 0.25) is 0 Å². The average Bonchev–Trinajstić information content (AvgIpc) is 2.18. The molecule has 1 aromatic rings. The number of piperidine rings is 1. The highest BCUT2D eigenvalue weighted by atomic mass is 16.3. The van der Waals surface area contributed by atoms with Gasteiger partial charge in [-0.2, -0.15) is 0 Å². The zero-order chi connectivity index (χ0) is 9.97. The quantitative estimate of drug-likeness (QED) is 0.737. The molecule has 0 atom stereocenters. The second kappa shape index (κ2) is 3.91. The van der Waals surface area contributed by atoms with Crippen molar-refractivity contribution in [3.8, 4) is 5.75 Å². The summed E-state index contributed by atoms with van der Waals surface area (Å²) in [6, 6.07) is 5.80. The van der Waals surface area contributed by atoms with Gasteiger partial charge in [0.05, 0.1) is 0 Å². The molecule has 0 unspecified atom stereocenters. The van der Waals surface area contributed by atoms with Gasteiger partial charge < -0.3 is 10.0 Å². The largest absolute Gasteiger partial charge is 0.508 e. The average molecular weight is 191 g/mol. The van der Waals surface area contributed by atoms with Crippen molar-refractivity contribution in [3.63, 3.8) is 0 Å². The molecule has 76 valence electrons. The Morgan fingerprint density at radius 2 is 1.79 bits per heavy atom. The van der Waals surface area contributed by atoms with Gasteiger partial charge >= 0.3 is 0 Å². The molecule has 1 aliphatic heterocycles. The highest BCUT2D eigenvalue weighted by Gasteiger charge is 2.11. The second-order valence-electron chi connectivity index (χ2n) is 4.07. The van der Waals surface area contributed by atoms with Gasteiger partial charge in [-0.15, -0.1) is 0 Å². The van der Waals surface area contributed by atoms with Crippen molar-refractivity contribution in [3.05, 3.63) is 23.8 Å². The number of benzene rings is 1. The summed E-state index contributed by atoms with van der Waals surface area (Å²) >= 11 is 0. The van der Waals surface area contributed by atoms with Crippen LogP contribution in [0.4, 0.5) is 5.69 Å². The molecule has 0 spiro atoms. The maximum atomic E-state index is 9.50. The monoisotopic (exact) mass is 191 g/mol. The van der Waals surface area contributed by atoms with Gasteiger partial charge in [0.15, 0.2) is 0 Å². The fraction of sp³-hybridized carbons (Fsp3) is 0.500. The molecule has 0 saturated carbocycles. The van der Waals surface area contributed by atoms with E-state index in [9.17, 15) is 5.11 Å². The fourth-order valence-electron chi connectivity index (χ4n) is 2.08. The summed E-state index contributed by atoms with van der Waals surface area (Å²) in [6.45, 7) is 4.28. The van der Waals surface area contributed by atoms with Crippen LogP contribution in [0.1, 0.15) is 24.8 Å². The minimum absolute atomic E-state index is 0.380. The Bertz CT molecular complexity index is 296. The molecule has 0 aromatic heterocycles. The lowest BCUT2D eigenvalue weighted by Gasteiger charge is -2.29. The number of aryl methyl sites for hydroxylation is 1. The molecule has 0 amide bonds. The number of phenols is 1. The third-order valence-electron chi connectivity index (χ3n) is 2.77. The number of hydrogen-bond acceptors (Lipinski definition) is 2. The van der Waals surface area contributed by atoms with E-state index in [-0.39, 0.29) is 0 Å². The van der Waals surface area contributed by atoms with E-state index in [4.69, 9.17) is 0 Å². The van der Waals surface area contributed by atoms with E-state index in [0.717, 1.165) is 18.7 Å². The summed E-state index contributed by atoms with van der Waals surface area (Å²) in [6.07, 6.45) is 3.89. The predicted molar refractivity (Wildman–Crippen MR) is 58.9 cm³/mol. The van der Waals surface area contributed by atoms with E-state index in [1.807, 2.05) is 13.0 Å². The minimum Gasteiger partial charge on any atom is -0.508 e. The third kappa shape index (κ3) is 2.00. The Labute approximate surface area is 85.2 Å². The molecule has 2 nitrogen and oxygen atoms in total. The Morgan fingerprint density at radius 1 is 1.07 bits per heavy atom. The van der Waals surface area contributed by atoms with Crippen LogP contribution in [0.3, 0.4) is 0 Å². The Hall–Kier alpha value is -1.18. The molecule has 0 bridgehead atoms. The van der Waals surface area contributed by atoms with E-state index in [2.05, 4.69) is 11.0 Å². The van der Waals surface area contributed by atoms with Gasteiger partial charge in [0.1, 0.15) is 5.75 Å². The third-order valence-corrected chi connectivity index (χ3v) is 2.77. The molecule has 2 heteroatoms. The lowest BCUT2D eigenvalue weighted by atomic mass is 10.1. The van der Waals surface area contributed by atoms with Crippen LogP contribution in [0.25, 0.3) is 0 Å². The molecule has 2 rings (SSSR count). The van der Waals surface area contributed by atoms with Crippen LogP contribution in [0.5, 0.6) is 5.75 Å². The van der Waals surface area contributed by atoms with Gasteiger partial charge in [0.25, 0.3) is 0 Å². The van der Waals surface area contributed by atoms with Crippen molar-refractivity contribution in [1.82, 2.24) is 0 Å². The summed E-state index contributed by atoms with van der Waals surface area (Å²) < 4.78 is 0. The zero-order valence-electron chi connectivity index (χ0n) is 8.66. The van der Waals surface area contributed by atoms with E-state index < -0.39 is 0 Å². The number of phenolic OH excluding ortho intramolecular Hbond substituents is 1.